The molecule has 6 aromatic heterocycles. The van der Waals surface area contributed by atoms with E-state index in [2.05, 4.69) is 300 Å². The lowest BCUT2D eigenvalue weighted by Gasteiger charge is -2.12. The summed E-state index contributed by atoms with van der Waals surface area (Å²) < 4.78 is 14.3. The molecule has 0 aliphatic carbocycles. The molecule has 20 aromatic rings. The maximum atomic E-state index is 9.83. The Morgan fingerprint density at radius 1 is 0.202 bits per heavy atom. The van der Waals surface area contributed by atoms with E-state index in [0.717, 1.165) is 133 Å². The second-order valence-electron chi connectivity index (χ2n) is 24.7. The molecule has 94 heavy (non-hydrogen) atoms. The first-order chi connectivity index (χ1) is 46.4. The number of benzene rings is 14. The summed E-state index contributed by atoms with van der Waals surface area (Å²) in [5, 5.41) is 25.1. The van der Waals surface area contributed by atoms with Crippen molar-refractivity contribution >= 4 is 154 Å². The number of para-hydroxylation sites is 6. The quantitative estimate of drug-likeness (QED) is 0.157. The van der Waals surface area contributed by atoms with Crippen molar-refractivity contribution < 1.29 is 0 Å². The Balaban J connectivity index is 0.753. The minimum Gasteiger partial charge on any atom is -0.309 e. The minimum absolute atomic E-state index is 0.578. The van der Waals surface area contributed by atoms with Crippen molar-refractivity contribution in [3.63, 3.8) is 0 Å². The summed E-state index contributed by atoms with van der Waals surface area (Å²) in [5.41, 5.74) is 22.5. The molecule has 0 amide bonds. The van der Waals surface area contributed by atoms with Gasteiger partial charge >= 0.3 is 0 Å². The van der Waals surface area contributed by atoms with E-state index in [1.54, 1.807) is 6.07 Å². The van der Waals surface area contributed by atoms with Crippen LogP contribution in [0.25, 0.3) is 176 Å². The Hall–Kier alpha value is -12.1. The minimum atomic E-state index is 0.578. The zero-order valence-electron chi connectivity index (χ0n) is 50.2. The van der Waals surface area contributed by atoms with Gasteiger partial charge in [-0.2, -0.15) is 5.26 Å². The van der Waals surface area contributed by atoms with Crippen LogP contribution in [0, 0.1) is 11.3 Å². The Labute approximate surface area is 547 Å². The first-order valence-electron chi connectivity index (χ1n) is 31.6. The molecule has 0 saturated carbocycles. The summed E-state index contributed by atoms with van der Waals surface area (Å²) in [6.07, 6.45) is 0. The van der Waals surface area contributed by atoms with Gasteiger partial charge in [0.2, 0.25) is 0 Å². The fourth-order valence-electron chi connectivity index (χ4n) is 15.7. The van der Waals surface area contributed by atoms with Crippen molar-refractivity contribution in [1.82, 2.24) is 27.4 Å². The average Bonchev–Trinajstić information content (AvgIpc) is 1.58. The summed E-state index contributed by atoms with van der Waals surface area (Å²) >= 11 is 13.6. The lowest BCUT2D eigenvalue weighted by atomic mass is 10.0. The number of fused-ring (bicyclic) bond motifs is 18. The molecule has 6 heterocycles. The average molecular weight is 1240 g/mol. The topological polar surface area (TPSA) is 53.4 Å². The summed E-state index contributed by atoms with van der Waals surface area (Å²) in [4.78, 5) is 0. The molecule has 0 bridgehead atoms. The smallest absolute Gasteiger partial charge is 0.0991 e. The molecule has 0 aliphatic rings. The van der Waals surface area contributed by atoms with E-state index in [1.807, 2.05) is 24.3 Å². The molecule has 0 spiro atoms. The van der Waals surface area contributed by atoms with E-state index in [1.165, 1.54) is 43.1 Å². The largest absolute Gasteiger partial charge is 0.309 e. The maximum Gasteiger partial charge on any atom is 0.0991 e. The third kappa shape index (κ3) is 7.61. The SMILES string of the molecule is N#Cc1ccc(-n2c3ccc(-n4c5ccccc5c5ccccc54)cc3c3cc(-n4c5ccccc5c5ccc(-c6ccc7c(c6)c6ccccc6n7-c6ccc7c(c6)c6cc(-n8c9ccccc9c9ccccc98)ccc6n7-c6cc(Cl)cc(Cl)c6)cc54)ccc32)cc1. The fraction of sp³-hybridized carbons (Fsp3) is 0. The van der Waals surface area contributed by atoms with Crippen LogP contribution in [0.1, 0.15) is 5.56 Å². The molecule has 20 rings (SSSR count). The number of nitriles is 1. The zero-order chi connectivity index (χ0) is 62.0. The van der Waals surface area contributed by atoms with Crippen LogP contribution in [0.2, 0.25) is 10.0 Å². The van der Waals surface area contributed by atoms with Gasteiger partial charge in [0.25, 0.3) is 0 Å². The highest BCUT2D eigenvalue weighted by atomic mass is 35.5. The van der Waals surface area contributed by atoms with Gasteiger partial charge in [-0.05, 0) is 181 Å². The molecule has 0 fully saturated rings. The molecule has 9 heteroatoms. The second kappa shape index (κ2) is 20.0. The van der Waals surface area contributed by atoms with Gasteiger partial charge in [-0.3, -0.25) is 0 Å². The Morgan fingerprint density at radius 2 is 0.468 bits per heavy atom. The van der Waals surface area contributed by atoms with Crippen molar-refractivity contribution in [2.75, 3.05) is 0 Å². The summed E-state index contributed by atoms with van der Waals surface area (Å²) in [6, 6.07) is 110. The number of hydrogen-bond donors (Lipinski definition) is 0. The van der Waals surface area contributed by atoms with Crippen molar-refractivity contribution in [2.45, 2.75) is 0 Å². The van der Waals surface area contributed by atoms with Gasteiger partial charge in [-0.25, -0.2) is 0 Å². The van der Waals surface area contributed by atoms with Gasteiger partial charge in [-0.15, -0.1) is 0 Å². The highest BCUT2D eigenvalue weighted by molar-refractivity contribution is 6.35. The molecule has 0 radical (unpaired) electrons. The van der Waals surface area contributed by atoms with Crippen molar-refractivity contribution in [1.29, 1.82) is 5.26 Å². The molecular formula is C85H49Cl2N7. The number of aromatic nitrogens is 6. The van der Waals surface area contributed by atoms with Crippen LogP contribution >= 0.6 is 23.2 Å². The molecule has 0 N–H and O–H groups in total. The number of hydrogen-bond acceptors (Lipinski definition) is 1. The van der Waals surface area contributed by atoms with Gasteiger partial charge in [0.05, 0.1) is 77.8 Å². The normalized spacial score (nSPS) is 12.1. The highest BCUT2D eigenvalue weighted by Gasteiger charge is 2.23. The van der Waals surface area contributed by atoms with Crippen LogP contribution in [-0.4, -0.2) is 27.4 Å². The van der Waals surface area contributed by atoms with Gasteiger partial charge in [-0.1, -0.05) is 151 Å². The van der Waals surface area contributed by atoms with E-state index in [4.69, 9.17) is 23.2 Å². The summed E-state index contributed by atoms with van der Waals surface area (Å²) in [7, 11) is 0. The van der Waals surface area contributed by atoms with E-state index >= 15 is 0 Å². The standard InChI is InChI=1S/C85H49Cl2N7/c86-54-43-55(87)45-61(44-54)94-83-39-32-58(91-76-21-9-3-15-64(76)65-16-4-10-22-77(65)91)47-72(83)73-48-59(33-40-84(73)94)92-79-24-12-6-18-67(79)69-41-52(28-36-80(69)92)53-27-35-68-66-17-5-11-23-78(66)93(85(68)42-53)60-34-38-82-71(49-60)70-46-57(31-37-81(70)89(82)56-29-25-51(50-88)26-30-56)90-74-19-7-1-13-62(74)63-14-2-8-20-75(63)90/h1-49H. The Kier molecular flexibility index (Phi) is 11.2. The number of rotatable bonds is 7. The van der Waals surface area contributed by atoms with Crippen molar-refractivity contribution in [3.8, 4) is 51.3 Å². The van der Waals surface area contributed by atoms with E-state index in [-0.39, 0.29) is 0 Å². The summed E-state index contributed by atoms with van der Waals surface area (Å²) in [6.45, 7) is 0. The Bertz CT molecular complexity index is 6590. The predicted octanol–water partition coefficient (Wildman–Crippen LogP) is 23.1. The van der Waals surface area contributed by atoms with E-state index in [0.29, 0.717) is 15.6 Å². The van der Waals surface area contributed by atoms with Crippen LogP contribution in [0.5, 0.6) is 0 Å². The Morgan fingerprint density at radius 3 is 0.851 bits per heavy atom. The van der Waals surface area contributed by atoms with Gasteiger partial charge in [0, 0.05) is 109 Å². The van der Waals surface area contributed by atoms with Gasteiger partial charge < -0.3 is 27.4 Å². The molecule has 14 aromatic carbocycles. The van der Waals surface area contributed by atoms with Gasteiger partial charge in [0.15, 0.2) is 0 Å². The lowest BCUT2D eigenvalue weighted by Crippen LogP contribution is -1.96. The second-order valence-corrected chi connectivity index (χ2v) is 25.5. The molecule has 0 aliphatic heterocycles. The first kappa shape index (κ1) is 52.7. The zero-order valence-corrected chi connectivity index (χ0v) is 51.7. The van der Waals surface area contributed by atoms with Crippen LogP contribution in [0.4, 0.5) is 0 Å². The molecule has 0 unspecified atom stereocenters. The molecule has 0 atom stereocenters. The number of nitrogens with zero attached hydrogens (tertiary/aromatic N) is 7. The van der Waals surface area contributed by atoms with Crippen molar-refractivity contribution in [2.24, 2.45) is 0 Å². The lowest BCUT2D eigenvalue weighted by molar-refractivity contribution is 1.16. The van der Waals surface area contributed by atoms with Crippen molar-refractivity contribution in [3.05, 3.63) is 313 Å². The maximum absolute atomic E-state index is 9.83. The van der Waals surface area contributed by atoms with E-state index in [9.17, 15) is 5.26 Å². The molecular weight excluding hydrogens is 1190 g/mol. The van der Waals surface area contributed by atoms with Crippen LogP contribution in [-0.2, 0) is 0 Å². The third-order valence-electron chi connectivity index (χ3n) is 19.7. The fourth-order valence-corrected chi connectivity index (χ4v) is 16.2. The number of halogens is 2. The van der Waals surface area contributed by atoms with E-state index < -0.39 is 0 Å². The highest BCUT2D eigenvalue weighted by Crippen LogP contribution is 2.44. The molecule has 0 saturated heterocycles. The first-order valence-corrected chi connectivity index (χ1v) is 32.3. The molecule has 438 valence electrons. The van der Waals surface area contributed by atoms with Crippen LogP contribution in [0.3, 0.4) is 0 Å². The van der Waals surface area contributed by atoms with Gasteiger partial charge in [0.1, 0.15) is 0 Å². The van der Waals surface area contributed by atoms with Crippen LogP contribution < -0.4 is 0 Å². The molecule has 7 nitrogen and oxygen atoms in total. The third-order valence-corrected chi connectivity index (χ3v) is 20.1. The van der Waals surface area contributed by atoms with Crippen LogP contribution in [0.15, 0.2) is 297 Å². The summed E-state index contributed by atoms with van der Waals surface area (Å²) in [5.74, 6) is 0. The predicted molar refractivity (Wildman–Crippen MR) is 393 cm³/mol. The monoisotopic (exact) mass is 1240 g/mol.